The van der Waals surface area contributed by atoms with E-state index in [9.17, 15) is 14.4 Å². The summed E-state index contributed by atoms with van der Waals surface area (Å²) in [5.41, 5.74) is 1.31. The van der Waals surface area contributed by atoms with Crippen LogP contribution < -0.4 is 5.32 Å². The van der Waals surface area contributed by atoms with Crippen molar-refractivity contribution in [3.63, 3.8) is 0 Å². The Kier molecular flexibility index (Phi) is 6.06. The highest BCUT2D eigenvalue weighted by Gasteiger charge is 2.22. The van der Waals surface area contributed by atoms with Crippen LogP contribution in [0.5, 0.6) is 0 Å². The van der Waals surface area contributed by atoms with Gasteiger partial charge in [-0.2, -0.15) is 5.10 Å². The molecule has 2 rings (SSSR count). The third kappa shape index (κ3) is 4.65. The lowest BCUT2D eigenvalue weighted by Gasteiger charge is -2.22. The monoisotopic (exact) mass is 330 g/mol. The van der Waals surface area contributed by atoms with Crippen molar-refractivity contribution < 1.29 is 14.4 Å². The first-order valence-corrected chi connectivity index (χ1v) is 7.95. The van der Waals surface area contributed by atoms with Crippen LogP contribution in [0.1, 0.15) is 25.3 Å². The second-order valence-electron chi connectivity index (χ2n) is 5.54. The molecule has 0 aliphatic carbocycles. The van der Waals surface area contributed by atoms with Crippen LogP contribution in [-0.2, 0) is 20.9 Å². The fraction of sp³-hybridized carbons (Fsp3) is 0.412. The summed E-state index contributed by atoms with van der Waals surface area (Å²) in [5.74, 6) is -0.684. The fourth-order valence-corrected chi connectivity index (χ4v) is 2.38. The van der Waals surface area contributed by atoms with E-state index < -0.39 is 5.91 Å². The highest BCUT2D eigenvalue weighted by molar-refractivity contribution is 6.39. The van der Waals surface area contributed by atoms with E-state index in [1.54, 1.807) is 4.90 Å². The Morgan fingerprint density at radius 3 is 2.58 bits per heavy atom. The Morgan fingerprint density at radius 1 is 1.25 bits per heavy atom. The smallest absolute Gasteiger partial charge is 0.267 e. The number of likely N-dealkylation sites (N-methyl/N-ethyl adjacent to an activating group) is 1. The lowest BCUT2D eigenvalue weighted by molar-refractivity contribution is -0.132. The van der Waals surface area contributed by atoms with E-state index in [1.165, 1.54) is 7.05 Å². The van der Waals surface area contributed by atoms with E-state index in [4.69, 9.17) is 0 Å². The van der Waals surface area contributed by atoms with Crippen molar-refractivity contribution in [3.8, 4) is 0 Å². The Labute approximate surface area is 141 Å². The van der Waals surface area contributed by atoms with Crippen LogP contribution >= 0.6 is 0 Å². The van der Waals surface area contributed by atoms with E-state index >= 15 is 0 Å². The Bertz CT molecular complexity index is 642. The van der Waals surface area contributed by atoms with Crippen LogP contribution in [0.2, 0.25) is 0 Å². The van der Waals surface area contributed by atoms with E-state index in [2.05, 4.69) is 10.4 Å². The second-order valence-corrected chi connectivity index (χ2v) is 5.54. The Hall–Kier alpha value is -2.70. The topological polar surface area (TPSA) is 82.1 Å². The molecule has 0 radical (unpaired) electrons. The number of hydrogen-bond donors (Lipinski definition) is 1. The first-order valence-electron chi connectivity index (χ1n) is 7.95. The molecule has 3 amide bonds. The summed E-state index contributed by atoms with van der Waals surface area (Å²) in [7, 11) is 1.51. The van der Waals surface area contributed by atoms with Gasteiger partial charge in [0.2, 0.25) is 11.8 Å². The quantitative estimate of drug-likeness (QED) is 0.836. The molecule has 0 fully saturated rings. The van der Waals surface area contributed by atoms with Crippen LogP contribution in [-0.4, -0.2) is 53.5 Å². The lowest BCUT2D eigenvalue weighted by atomic mass is 10.1. The van der Waals surface area contributed by atoms with Gasteiger partial charge in [-0.1, -0.05) is 30.3 Å². The predicted molar refractivity (Wildman–Crippen MR) is 90.0 cm³/mol. The maximum atomic E-state index is 12.3. The first kappa shape index (κ1) is 17.7. The minimum atomic E-state index is -0.404. The third-order valence-corrected chi connectivity index (χ3v) is 3.82. The molecule has 0 aromatic heterocycles. The van der Waals surface area contributed by atoms with Crippen molar-refractivity contribution in [3.05, 3.63) is 35.9 Å². The summed E-state index contributed by atoms with van der Waals surface area (Å²) in [6.07, 6.45) is 0.552. The number of benzene rings is 1. The summed E-state index contributed by atoms with van der Waals surface area (Å²) in [6, 6.07) is 9.69. The molecule has 7 nitrogen and oxygen atoms in total. The van der Waals surface area contributed by atoms with Gasteiger partial charge in [0, 0.05) is 33.0 Å². The van der Waals surface area contributed by atoms with Crippen molar-refractivity contribution in [2.24, 2.45) is 5.10 Å². The van der Waals surface area contributed by atoms with Gasteiger partial charge in [0.15, 0.2) is 0 Å². The Morgan fingerprint density at radius 2 is 1.96 bits per heavy atom. The van der Waals surface area contributed by atoms with Gasteiger partial charge in [0.1, 0.15) is 5.71 Å². The Balaban J connectivity index is 1.88. The standard InChI is InChI=1S/C17H22N4O3/c1-3-21(12-13-7-5-4-6-8-13)16(23)11-18-17(24)14-9-10-15(22)20(2)19-14/h4-8H,3,9-12H2,1-2H3,(H,18,24). The number of amides is 3. The molecule has 0 spiro atoms. The molecule has 24 heavy (non-hydrogen) atoms. The van der Waals surface area contributed by atoms with Gasteiger partial charge in [0.25, 0.3) is 5.91 Å². The number of hydrazone groups is 1. The summed E-state index contributed by atoms with van der Waals surface area (Å²) < 4.78 is 0. The molecular weight excluding hydrogens is 308 g/mol. The zero-order chi connectivity index (χ0) is 17.5. The molecule has 1 aliphatic rings. The lowest BCUT2D eigenvalue weighted by Crippen LogP contribution is -2.43. The molecule has 1 aromatic carbocycles. The number of hydrogen-bond acceptors (Lipinski definition) is 4. The van der Waals surface area contributed by atoms with Crippen LogP contribution in [0.25, 0.3) is 0 Å². The molecule has 1 heterocycles. The summed E-state index contributed by atoms with van der Waals surface area (Å²) in [6.45, 7) is 2.87. The average molecular weight is 330 g/mol. The van der Waals surface area contributed by atoms with Crippen LogP contribution in [0, 0.1) is 0 Å². The molecule has 0 unspecified atom stereocenters. The van der Waals surface area contributed by atoms with Crippen molar-refractivity contribution in [1.82, 2.24) is 15.2 Å². The van der Waals surface area contributed by atoms with Gasteiger partial charge >= 0.3 is 0 Å². The normalized spacial score (nSPS) is 14.2. The summed E-state index contributed by atoms with van der Waals surface area (Å²) in [5, 5.41) is 7.69. The van der Waals surface area contributed by atoms with E-state index in [0.717, 1.165) is 10.6 Å². The van der Waals surface area contributed by atoms with Crippen molar-refractivity contribution in [2.45, 2.75) is 26.3 Å². The summed E-state index contributed by atoms with van der Waals surface area (Å²) in [4.78, 5) is 37.4. The van der Waals surface area contributed by atoms with Crippen molar-refractivity contribution >= 4 is 23.4 Å². The molecule has 0 saturated carbocycles. The highest BCUT2D eigenvalue weighted by Crippen LogP contribution is 2.07. The van der Waals surface area contributed by atoms with Crippen LogP contribution in [0.4, 0.5) is 0 Å². The molecule has 1 aliphatic heterocycles. The van der Waals surface area contributed by atoms with Gasteiger partial charge in [-0.3, -0.25) is 14.4 Å². The number of carbonyl (C=O) groups excluding carboxylic acids is 3. The molecule has 0 bridgehead atoms. The molecule has 1 aromatic rings. The van der Waals surface area contributed by atoms with E-state index in [-0.39, 0.29) is 30.5 Å². The average Bonchev–Trinajstić information content (AvgIpc) is 2.60. The van der Waals surface area contributed by atoms with Gasteiger partial charge in [-0.05, 0) is 12.5 Å². The molecule has 7 heteroatoms. The van der Waals surface area contributed by atoms with Crippen LogP contribution in [0.3, 0.4) is 0 Å². The zero-order valence-corrected chi connectivity index (χ0v) is 14.0. The molecule has 0 saturated heterocycles. The van der Waals surface area contributed by atoms with Crippen molar-refractivity contribution in [1.29, 1.82) is 0 Å². The van der Waals surface area contributed by atoms with E-state index in [0.29, 0.717) is 19.5 Å². The maximum Gasteiger partial charge on any atom is 0.267 e. The van der Waals surface area contributed by atoms with Gasteiger partial charge in [-0.15, -0.1) is 0 Å². The second kappa shape index (κ2) is 8.24. The SMILES string of the molecule is CCN(Cc1ccccc1)C(=O)CNC(=O)C1=NN(C)C(=O)CC1. The molecular formula is C17H22N4O3. The van der Waals surface area contributed by atoms with Crippen molar-refractivity contribution in [2.75, 3.05) is 20.1 Å². The first-order chi connectivity index (χ1) is 11.5. The zero-order valence-electron chi connectivity index (χ0n) is 14.0. The third-order valence-electron chi connectivity index (χ3n) is 3.82. The van der Waals surface area contributed by atoms with Gasteiger partial charge < -0.3 is 10.2 Å². The van der Waals surface area contributed by atoms with Crippen LogP contribution in [0.15, 0.2) is 35.4 Å². The molecule has 128 valence electrons. The molecule has 1 N–H and O–H groups in total. The minimum absolute atomic E-state index is 0.0871. The number of carbonyl (C=O) groups is 3. The summed E-state index contributed by atoms with van der Waals surface area (Å²) >= 11 is 0. The predicted octanol–water partition coefficient (Wildman–Crippen LogP) is 0.759. The maximum absolute atomic E-state index is 12.3. The number of rotatable bonds is 6. The van der Waals surface area contributed by atoms with Gasteiger partial charge in [-0.25, -0.2) is 5.01 Å². The number of nitrogens with one attached hydrogen (secondary N) is 1. The van der Waals surface area contributed by atoms with Gasteiger partial charge in [0.05, 0.1) is 6.54 Å². The largest absolute Gasteiger partial charge is 0.342 e. The molecule has 0 atom stereocenters. The highest BCUT2D eigenvalue weighted by atomic mass is 16.2. The number of nitrogens with zero attached hydrogens (tertiary/aromatic N) is 3. The van der Waals surface area contributed by atoms with E-state index in [1.807, 2.05) is 37.3 Å². The fourth-order valence-electron chi connectivity index (χ4n) is 2.38. The minimum Gasteiger partial charge on any atom is -0.342 e.